The highest BCUT2D eigenvalue weighted by atomic mass is 35.5. The van der Waals surface area contributed by atoms with Crippen molar-refractivity contribution < 1.29 is 41.9 Å². The van der Waals surface area contributed by atoms with Gasteiger partial charge in [-0.25, -0.2) is 9.37 Å². The van der Waals surface area contributed by atoms with Gasteiger partial charge in [-0.2, -0.15) is 8.78 Å². The summed E-state index contributed by atoms with van der Waals surface area (Å²) < 4.78 is 43.6. The number of Topliss-reactive ketones (excluding diaryl/α,β-unsaturated/α-hetero) is 5. The number of para-hydroxylation sites is 3. The Labute approximate surface area is 647 Å². The number of aromatic nitrogens is 2. The molecule has 0 radical (unpaired) electrons. The molecule has 0 saturated carbocycles. The summed E-state index contributed by atoms with van der Waals surface area (Å²) in [6, 6.07) is 69.3. The van der Waals surface area contributed by atoms with Crippen LogP contribution >= 0.6 is 23.2 Å². The van der Waals surface area contributed by atoms with Crippen molar-refractivity contribution in [1.82, 2.24) is 9.55 Å². The van der Waals surface area contributed by atoms with E-state index in [1.807, 2.05) is 167 Å². The number of aryl methyl sites for hydroxylation is 1. The molecule has 13 nitrogen and oxygen atoms in total. The quantitative estimate of drug-likeness (QED) is 0.0686. The third-order valence-corrected chi connectivity index (χ3v) is 20.3. The molecule has 15 rings (SSSR count). The van der Waals surface area contributed by atoms with E-state index in [1.165, 1.54) is 63.5 Å². The fraction of sp³-hybridized carbons (Fsp3) is 0.264. The molecule has 4 aliphatic rings. The van der Waals surface area contributed by atoms with Crippen molar-refractivity contribution >= 4 is 97.8 Å². The maximum absolute atomic E-state index is 14.1. The van der Waals surface area contributed by atoms with E-state index in [4.69, 9.17) is 23.2 Å². The summed E-state index contributed by atoms with van der Waals surface area (Å²) in [5.74, 6) is -3.31. The number of carbonyl (C=O) groups excluding carboxylic acids is 6. The molecule has 10 aromatic carbocycles. The Hall–Kier alpha value is -10.9. The number of ketones is 5. The maximum Gasteiger partial charge on any atom is 0.352 e. The molecule has 0 fully saturated rings. The normalized spacial score (nSPS) is 13.2. The number of imidazole rings is 1. The summed E-state index contributed by atoms with van der Waals surface area (Å²) in [5, 5.41) is 4.93. The van der Waals surface area contributed by atoms with E-state index >= 15 is 0 Å². The van der Waals surface area contributed by atoms with Gasteiger partial charge in [0.05, 0.1) is 28.8 Å². The number of alkyl halides is 2. The highest BCUT2D eigenvalue weighted by Crippen LogP contribution is 2.45. The van der Waals surface area contributed by atoms with E-state index in [0.29, 0.717) is 49.8 Å². The van der Waals surface area contributed by atoms with Crippen LogP contribution in [0.1, 0.15) is 176 Å². The average molecular weight is 1510 g/mol. The van der Waals surface area contributed by atoms with Crippen LogP contribution in [0.15, 0.2) is 224 Å². The number of rotatable bonds is 21. The van der Waals surface area contributed by atoms with Gasteiger partial charge in [0.25, 0.3) is 0 Å². The van der Waals surface area contributed by atoms with E-state index in [-0.39, 0.29) is 60.0 Å². The van der Waals surface area contributed by atoms with Crippen molar-refractivity contribution in [2.75, 3.05) is 44.6 Å². The summed E-state index contributed by atoms with van der Waals surface area (Å²) in [4.78, 5) is 82.7. The molecule has 0 unspecified atom stereocenters. The molecule has 0 saturated heterocycles. The third kappa shape index (κ3) is 19.9. The van der Waals surface area contributed by atoms with Crippen molar-refractivity contribution in [3.05, 3.63) is 318 Å². The highest BCUT2D eigenvalue weighted by molar-refractivity contribution is 6.31. The molecule has 4 aliphatic heterocycles. The fourth-order valence-electron chi connectivity index (χ4n) is 13.6. The van der Waals surface area contributed by atoms with Gasteiger partial charge in [-0.15, -0.1) is 0 Å². The van der Waals surface area contributed by atoms with Crippen LogP contribution in [-0.2, 0) is 69.8 Å². The van der Waals surface area contributed by atoms with E-state index in [9.17, 15) is 41.9 Å². The van der Waals surface area contributed by atoms with Crippen LogP contribution in [0.25, 0.3) is 11.0 Å². The highest BCUT2D eigenvalue weighted by Gasteiger charge is 2.52. The first kappa shape index (κ1) is 80.6. The molecule has 1 amide bonds. The van der Waals surface area contributed by atoms with Crippen molar-refractivity contribution in [3.8, 4) is 0 Å². The smallest absolute Gasteiger partial charge is 0.352 e. The first-order valence-electron chi connectivity index (χ1n) is 36.8. The molecule has 0 spiro atoms. The van der Waals surface area contributed by atoms with Gasteiger partial charge >= 0.3 is 11.8 Å². The first-order valence-corrected chi connectivity index (χ1v) is 37.6. The number of carbonyl (C=O) groups is 6. The lowest BCUT2D eigenvalue weighted by atomic mass is 10.1. The summed E-state index contributed by atoms with van der Waals surface area (Å²) >= 11 is 12.1. The molecule has 1 aromatic heterocycles. The first-order chi connectivity index (χ1) is 52.1. The minimum absolute atomic E-state index is 0. The lowest BCUT2D eigenvalue weighted by molar-refractivity contribution is -0.141. The van der Waals surface area contributed by atoms with E-state index in [2.05, 4.69) is 61.4 Å². The third-order valence-electron chi connectivity index (χ3n) is 19.8. The minimum Gasteiger partial charge on any atom is -0.367 e. The van der Waals surface area contributed by atoms with Crippen LogP contribution in [0.4, 0.5) is 41.9 Å². The SMILES string of the molecule is C.CCC(=O)c1ccc(CN2C(=O)C(F)(F)c3ccccc32)cc1.CCC(=O)c1ccc(CN2CCc3cc(Cl)ccc32)cc1.CCC(=O)c1ccc(CN2CCc3ccc(Cl)cc32)cc1.CCC(=O)c1ccc(CN2CCc3ccc(F)cc32)cc1.CCC(=O)c1ccc(CNc2nc3ccccc3n2C)cc1. The zero-order valence-electron chi connectivity index (χ0n) is 61.7. The summed E-state index contributed by atoms with van der Waals surface area (Å²) in [5.41, 5.74) is 18.5. The maximum atomic E-state index is 14.1. The zero-order valence-corrected chi connectivity index (χ0v) is 63.2. The van der Waals surface area contributed by atoms with Crippen LogP contribution in [0.5, 0.6) is 0 Å². The number of fused-ring (bicyclic) bond motifs is 5. The Bertz CT molecular complexity index is 4910. The molecular weight excluding hydrogens is 1410 g/mol. The molecule has 0 atom stereocenters. The van der Waals surface area contributed by atoms with Gasteiger partial charge in [-0.05, 0) is 124 Å². The van der Waals surface area contributed by atoms with Gasteiger partial charge in [0.2, 0.25) is 5.95 Å². The number of nitrogens with zero attached hydrogens (tertiary/aromatic N) is 6. The van der Waals surface area contributed by atoms with E-state index < -0.39 is 11.8 Å². The van der Waals surface area contributed by atoms with Gasteiger partial charge in [-0.1, -0.05) is 229 Å². The van der Waals surface area contributed by atoms with Crippen LogP contribution < -0.4 is 24.9 Å². The number of anilines is 5. The Morgan fingerprint density at radius 1 is 0.431 bits per heavy atom. The van der Waals surface area contributed by atoms with Gasteiger partial charge < -0.3 is 29.5 Å². The fourth-order valence-corrected chi connectivity index (χ4v) is 14.0. The number of halogens is 5. The Kier molecular flexibility index (Phi) is 27.5. The van der Waals surface area contributed by atoms with Crippen LogP contribution in [-0.4, -0.2) is 64.0 Å². The molecule has 0 aliphatic carbocycles. The predicted octanol–water partition coefficient (Wildman–Crippen LogP) is 21.3. The van der Waals surface area contributed by atoms with Crippen molar-refractivity contribution in [2.24, 2.45) is 7.05 Å². The number of hydrogen-bond donors (Lipinski definition) is 1. The van der Waals surface area contributed by atoms with Gasteiger partial charge in [-0.3, -0.25) is 28.8 Å². The Balaban J connectivity index is 0.000000145. The van der Waals surface area contributed by atoms with E-state index in [1.54, 1.807) is 43.3 Å². The monoisotopic (exact) mass is 1510 g/mol. The molecule has 1 N–H and O–H groups in total. The lowest BCUT2D eigenvalue weighted by Gasteiger charge is -2.19. The Morgan fingerprint density at radius 3 is 1.28 bits per heavy atom. The molecule has 5 heterocycles. The number of nitrogens with one attached hydrogen (secondary N) is 1. The van der Waals surface area contributed by atoms with Crippen molar-refractivity contribution in [3.63, 3.8) is 0 Å². The zero-order chi connectivity index (χ0) is 76.6. The van der Waals surface area contributed by atoms with Gasteiger partial charge in [0, 0.05) is 140 Å². The second kappa shape index (κ2) is 37.2. The lowest BCUT2D eigenvalue weighted by Crippen LogP contribution is -2.34. The summed E-state index contributed by atoms with van der Waals surface area (Å²) in [6.07, 6.45) is 5.65. The van der Waals surface area contributed by atoms with E-state index in [0.717, 1.165) is 130 Å². The second-order valence-corrected chi connectivity index (χ2v) is 27.9. The molecule has 18 heteroatoms. The number of benzene rings is 10. The van der Waals surface area contributed by atoms with Crippen molar-refractivity contribution in [2.45, 2.75) is 132 Å². The minimum atomic E-state index is -3.49. The van der Waals surface area contributed by atoms with Gasteiger partial charge in [0.15, 0.2) is 28.9 Å². The molecule has 11 aromatic rings. The molecule has 109 heavy (non-hydrogen) atoms. The van der Waals surface area contributed by atoms with Crippen LogP contribution in [0.3, 0.4) is 0 Å². The standard InChI is InChI=1S/2C18H18ClNO.C18H15F2NO2.C18H18FNO.C18H19N3O.CH4/c1-2-18(21)15-5-3-13(4-6-15)12-20-10-9-14-7-8-16(19)11-17(14)20;1-2-18(21)14-5-3-13(4-6-14)12-20-10-9-15-11-16(19)7-8-17(15)20;1-2-16(22)13-9-7-12(8-10-13)11-21-15-6-4-3-5-14(15)18(19,20)17(21)23;1-2-18(21)15-5-3-13(4-6-15)12-20-10-9-14-7-8-16(19)11-17(14)20;1-3-17(22)14-10-8-13(9-11-14)12-19-18-20-15-6-4-5-7-16(15)21(18)2;/h2*3-8,11H,2,9-10,12H2,1H3;3-10H,2,11H2,1H3;3-8,11H,2,9-10,12H2,1H3;4-11H,3,12H2,1-2H3,(H,19,20);1H4. The molecule has 0 bridgehead atoms. The summed E-state index contributed by atoms with van der Waals surface area (Å²) in [7, 11) is 2.00. The number of hydrogen-bond acceptors (Lipinski definition) is 11. The molecular formula is C91H92Cl2F3N7O6. The Morgan fingerprint density at radius 2 is 0.817 bits per heavy atom. The van der Waals surface area contributed by atoms with Crippen LogP contribution in [0, 0.1) is 5.82 Å². The number of amides is 1. The summed E-state index contributed by atoms with van der Waals surface area (Å²) in [6.45, 7) is 15.5. The van der Waals surface area contributed by atoms with Gasteiger partial charge in [0.1, 0.15) is 5.82 Å². The van der Waals surface area contributed by atoms with Crippen LogP contribution in [0.2, 0.25) is 10.0 Å². The van der Waals surface area contributed by atoms with Crippen molar-refractivity contribution in [1.29, 1.82) is 0 Å². The average Bonchev–Trinajstić information content (AvgIpc) is 1.60. The largest absolute Gasteiger partial charge is 0.367 e. The topological polar surface area (TPSA) is 145 Å². The predicted molar refractivity (Wildman–Crippen MR) is 435 cm³/mol. The second-order valence-electron chi connectivity index (χ2n) is 27.0. The molecule has 562 valence electrons.